The van der Waals surface area contributed by atoms with Crippen LogP contribution in [0.1, 0.15) is 42.9 Å². The summed E-state index contributed by atoms with van der Waals surface area (Å²) in [5.41, 5.74) is 6.85. The number of benzene rings is 4. The third kappa shape index (κ3) is 4.93. The number of anilines is 2. The SMILES string of the molecule is Clc1ccc(C2CC(c3ccc(N4CCCCC4)cc3)=NN2c2nc(-c3ccc4ccccc4c3)cs2)cc1. The molecule has 194 valence electrons. The lowest BCUT2D eigenvalue weighted by atomic mass is 9.98. The molecule has 0 bridgehead atoms. The van der Waals surface area contributed by atoms with E-state index in [9.17, 15) is 0 Å². The van der Waals surface area contributed by atoms with E-state index in [1.807, 2.05) is 12.1 Å². The van der Waals surface area contributed by atoms with Crippen molar-refractivity contribution in [1.29, 1.82) is 0 Å². The Morgan fingerprint density at radius 2 is 1.51 bits per heavy atom. The van der Waals surface area contributed by atoms with Crippen LogP contribution in [0.2, 0.25) is 5.02 Å². The Labute approximate surface area is 238 Å². The first kappa shape index (κ1) is 24.4. The van der Waals surface area contributed by atoms with Gasteiger partial charge in [-0.25, -0.2) is 9.99 Å². The number of nitrogens with zero attached hydrogens (tertiary/aromatic N) is 4. The summed E-state index contributed by atoms with van der Waals surface area (Å²) in [6.45, 7) is 2.30. The van der Waals surface area contributed by atoms with Crippen LogP contribution in [-0.4, -0.2) is 23.8 Å². The second-order valence-corrected chi connectivity index (χ2v) is 11.6. The molecule has 5 aromatic rings. The number of rotatable bonds is 5. The largest absolute Gasteiger partial charge is 0.372 e. The van der Waals surface area contributed by atoms with E-state index in [2.05, 4.69) is 94.2 Å². The van der Waals surface area contributed by atoms with Gasteiger partial charge in [-0.3, -0.25) is 0 Å². The van der Waals surface area contributed by atoms with Gasteiger partial charge in [0.05, 0.1) is 17.4 Å². The zero-order valence-corrected chi connectivity index (χ0v) is 23.2. The van der Waals surface area contributed by atoms with Gasteiger partial charge in [0.1, 0.15) is 0 Å². The fourth-order valence-electron chi connectivity index (χ4n) is 5.67. The molecule has 0 amide bonds. The average molecular weight is 549 g/mol. The highest BCUT2D eigenvalue weighted by atomic mass is 35.5. The van der Waals surface area contributed by atoms with Gasteiger partial charge >= 0.3 is 0 Å². The highest BCUT2D eigenvalue weighted by Crippen LogP contribution is 2.40. The van der Waals surface area contributed by atoms with Crippen molar-refractivity contribution in [3.63, 3.8) is 0 Å². The molecule has 2 aliphatic heterocycles. The number of aromatic nitrogens is 1. The first-order valence-electron chi connectivity index (χ1n) is 13.6. The fraction of sp³-hybridized carbons (Fsp3) is 0.212. The number of hydrogen-bond donors (Lipinski definition) is 0. The van der Waals surface area contributed by atoms with Gasteiger partial charge in [0.15, 0.2) is 0 Å². The van der Waals surface area contributed by atoms with Crippen LogP contribution in [0.15, 0.2) is 101 Å². The van der Waals surface area contributed by atoms with Crippen molar-refractivity contribution in [2.24, 2.45) is 5.10 Å². The van der Waals surface area contributed by atoms with E-state index in [1.54, 1.807) is 11.3 Å². The molecular formula is C33H29ClN4S. The van der Waals surface area contributed by atoms with Crippen LogP contribution >= 0.6 is 22.9 Å². The summed E-state index contributed by atoms with van der Waals surface area (Å²) in [6.07, 6.45) is 4.71. The third-order valence-electron chi connectivity index (χ3n) is 7.82. The Morgan fingerprint density at radius 3 is 2.31 bits per heavy atom. The number of fused-ring (bicyclic) bond motifs is 1. The minimum Gasteiger partial charge on any atom is -0.372 e. The molecular weight excluding hydrogens is 520 g/mol. The lowest BCUT2D eigenvalue weighted by Crippen LogP contribution is -2.29. The van der Waals surface area contributed by atoms with E-state index in [-0.39, 0.29) is 6.04 Å². The highest BCUT2D eigenvalue weighted by molar-refractivity contribution is 7.14. The van der Waals surface area contributed by atoms with Gasteiger partial charge < -0.3 is 4.90 Å². The number of piperidine rings is 1. The number of halogens is 1. The molecule has 0 aliphatic carbocycles. The molecule has 39 heavy (non-hydrogen) atoms. The molecule has 1 aromatic heterocycles. The van der Waals surface area contributed by atoms with E-state index >= 15 is 0 Å². The van der Waals surface area contributed by atoms with Crippen molar-refractivity contribution in [2.45, 2.75) is 31.7 Å². The van der Waals surface area contributed by atoms with Crippen molar-refractivity contribution in [3.8, 4) is 11.3 Å². The lowest BCUT2D eigenvalue weighted by Gasteiger charge is -2.28. The molecule has 0 radical (unpaired) electrons. The Morgan fingerprint density at radius 1 is 0.769 bits per heavy atom. The maximum atomic E-state index is 6.23. The molecule has 4 aromatic carbocycles. The molecule has 0 N–H and O–H groups in total. The topological polar surface area (TPSA) is 31.7 Å². The van der Waals surface area contributed by atoms with E-state index in [1.165, 1.54) is 46.8 Å². The molecule has 0 spiro atoms. The second kappa shape index (κ2) is 10.5. The number of thiazole rings is 1. The van der Waals surface area contributed by atoms with E-state index in [0.29, 0.717) is 0 Å². The number of hydrogen-bond acceptors (Lipinski definition) is 5. The Bertz CT molecular complexity index is 1630. The van der Waals surface area contributed by atoms with Crippen LogP contribution in [-0.2, 0) is 0 Å². The summed E-state index contributed by atoms with van der Waals surface area (Å²) in [4.78, 5) is 7.57. The first-order valence-corrected chi connectivity index (χ1v) is 14.9. The lowest BCUT2D eigenvalue weighted by molar-refractivity contribution is 0.578. The summed E-state index contributed by atoms with van der Waals surface area (Å²) >= 11 is 7.87. The monoisotopic (exact) mass is 548 g/mol. The summed E-state index contributed by atoms with van der Waals surface area (Å²) in [6, 6.07) is 32.1. The predicted molar refractivity (Wildman–Crippen MR) is 165 cm³/mol. The molecule has 2 aliphatic rings. The Hall–Kier alpha value is -3.67. The van der Waals surface area contributed by atoms with Crippen molar-refractivity contribution in [1.82, 2.24) is 4.98 Å². The van der Waals surface area contributed by atoms with E-state index < -0.39 is 0 Å². The zero-order valence-electron chi connectivity index (χ0n) is 21.6. The van der Waals surface area contributed by atoms with Gasteiger partial charge in [-0.2, -0.15) is 5.10 Å². The minimum absolute atomic E-state index is 0.0645. The number of hydrazone groups is 1. The van der Waals surface area contributed by atoms with Gasteiger partial charge in [0.2, 0.25) is 5.13 Å². The quantitative estimate of drug-likeness (QED) is 0.220. The van der Waals surface area contributed by atoms with Crippen LogP contribution in [0.5, 0.6) is 0 Å². The Balaban J connectivity index is 1.21. The van der Waals surface area contributed by atoms with Crippen molar-refractivity contribution < 1.29 is 0 Å². The van der Waals surface area contributed by atoms with Crippen molar-refractivity contribution in [3.05, 3.63) is 113 Å². The maximum Gasteiger partial charge on any atom is 0.207 e. The van der Waals surface area contributed by atoms with Crippen LogP contribution < -0.4 is 9.91 Å². The molecule has 1 unspecified atom stereocenters. The molecule has 3 heterocycles. The van der Waals surface area contributed by atoms with Crippen molar-refractivity contribution >= 4 is 50.2 Å². The van der Waals surface area contributed by atoms with E-state index in [0.717, 1.165) is 46.6 Å². The third-order valence-corrected chi connectivity index (χ3v) is 8.90. The van der Waals surface area contributed by atoms with Gasteiger partial charge in [-0.05, 0) is 71.5 Å². The first-order chi connectivity index (χ1) is 19.2. The molecule has 7 rings (SSSR count). The second-order valence-electron chi connectivity index (χ2n) is 10.3. The van der Waals surface area contributed by atoms with Crippen LogP contribution in [0, 0.1) is 0 Å². The van der Waals surface area contributed by atoms with Gasteiger partial charge in [0.25, 0.3) is 0 Å². The van der Waals surface area contributed by atoms with Crippen LogP contribution in [0.4, 0.5) is 10.8 Å². The smallest absolute Gasteiger partial charge is 0.207 e. The molecule has 6 heteroatoms. The predicted octanol–water partition coefficient (Wildman–Crippen LogP) is 8.96. The summed E-state index contributed by atoms with van der Waals surface area (Å²) in [5, 5.41) is 13.5. The average Bonchev–Trinajstić information content (AvgIpc) is 3.66. The van der Waals surface area contributed by atoms with Gasteiger partial charge in [-0.1, -0.05) is 72.3 Å². The van der Waals surface area contributed by atoms with E-state index in [4.69, 9.17) is 21.7 Å². The molecule has 0 saturated carbocycles. The molecule has 1 fully saturated rings. The highest BCUT2D eigenvalue weighted by Gasteiger charge is 2.32. The van der Waals surface area contributed by atoms with Crippen molar-refractivity contribution in [2.75, 3.05) is 23.0 Å². The minimum atomic E-state index is 0.0645. The maximum absolute atomic E-state index is 6.23. The summed E-state index contributed by atoms with van der Waals surface area (Å²) < 4.78 is 0. The molecule has 4 nitrogen and oxygen atoms in total. The summed E-state index contributed by atoms with van der Waals surface area (Å²) in [5.74, 6) is 0. The van der Waals surface area contributed by atoms with Gasteiger partial charge in [-0.15, -0.1) is 11.3 Å². The zero-order chi connectivity index (χ0) is 26.2. The summed E-state index contributed by atoms with van der Waals surface area (Å²) in [7, 11) is 0. The normalized spacial score (nSPS) is 17.6. The van der Waals surface area contributed by atoms with Gasteiger partial charge in [0, 0.05) is 41.2 Å². The van der Waals surface area contributed by atoms with Crippen LogP contribution in [0.25, 0.3) is 22.0 Å². The van der Waals surface area contributed by atoms with Crippen LogP contribution in [0.3, 0.4) is 0 Å². The molecule has 1 atom stereocenters. The Kier molecular flexibility index (Phi) is 6.55. The molecule has 1 saturated heterocycles. The standard InChI is InChI=1S/C33H29ClN4S/c34-28-14-10-25(11-15-28)32-21-30(24-12-16-29(17-13-24)37-18-4-1-5-19-37)36-38(32)33-35-31(22-39-33)27-9-8-23-6-2-3-7-26(23)20-27/h2-3,6-17,20,22,32H,1,4-5,18-19,21H2. The fourth-order valence-corrected chi connectivity index (χ4v) is 6.63.